The molecule has 1 heterocycles. The van der Waals surface area contributed by atoms with Crippen molar-refractivity contribution < 1.29 is 5.11 Å². The van der Waals surface area contributed by atoms with Crippen LogP contribution in [0.15, 0.2) is 36.0 Å². The number of phenolic OH excluding ortho intramolecular Hbond substituents is 1. The standard InChI is InChI=1S/C10H9NOS/c12-9-3-1-2-8(4-9)5-10-6-11-7-13-10/h1-4,6-7,12H,5H2. The Morgan fingerprint density at radius 1 is 1.38 bits per heavy atom. The molecule has 0 radical (unpaired) electrons. The first-order valence-electron chi connectivity index (χ1n) is 4.00. The van der Waals surface area contributed by atoms with Crippen LogP contribution >= 0.6 is 11.3 Å². The largest absolute Gasteiger partial charge is 0.508 e. The van der Waals surface area contributed by atoms with Gasteiger partial charge >= 0.3 is 0 Å². The number of thiazole rings is 1. The van der Waals surface area contributed by atoms with Crippen LogP contribution in [0.1, 0.15) is 10.4 Å². The van der Waals surface area contributed by atoms with Crippen LogP contribution in [0.4, 0.5) is 0 Å². The van der Waals surface area contributed by atoms with E-state index in [2.05, 4.69) is 4.98 Å². The second-order valence-electron chi connectivity index (χ2n) is 2.81. The number of aromatic hydroxyl groups is 1. The number of aromatic nitrogens is 1. The predicted octanol–water partition coefficient (Wildman–Crippen LogP) is 2.44. The Balaban J connectivity index is 2.19. The minimum Gasteiger partial charge on any atom is -0.508 e. The molecule has 0 atom stereocenters. The summed E-state index contributed by atoms with van der Waals surface area (Å²) in [5, 5.41) is 9.23. The fraction of sp³-hybridized carbons (Fsp3) is 0.100. The zero-order valence-corrected chi connectivity index (χ0v) is 7.79. The Bertz CT molecular complexity index is 384. The maximum atomic E-state index is 9.23. The highest BCUT2D eigenvalue weighted by molar-refractivity contribution is 7.09. The lowest BCUT2D eigenvalue weighted by Crippen LogP contribution is -1.83. The number of nitrogens with zero attached hydrogens (tertiary/aromatic N) is 1. The van der Waals surface area contributed by atoms with E-state index < -0.39 is 0 Å². The summed E-state index contributed by atoms with van der Waals surface area (Å²) in [6, 6.07) is 7.31. The summed E-state index contributed by atoms with van der Waals surface area (Å²) in [6.07, 6.45) is 2.70. The average molecular weight is 191 g/mol. The Morgan fingerprint density at radius 2 is 2.31 bits per heavy atom. The van der Waals surface area contributed by atoms with Crippen LogP contribution in [0.3, 0.4) is 0 Å². The van der Waals surface area contributed by atoms with E-state index in [4.69, 9.17) is 0 Å². The van der Waals surface area contributed by atoms with Gasteiger partial charge in [-0.3, -0.25) is 4.98 Å². The molecule has 2 aromatic rings. The van der Waals surface area contributed by atoms with Gasteiger partial charge in [-0.2, -0.15) is 0 Å². The summed E-state index contributed by atoms with van der Waals surface area (Å²) < 4.78 is 0. The van der Waals surface area contributed by atoms with Gasteiger partial charge in [-0.05, 0) is 17.7 Å². The second kappa shape index (κ2) is 3.58. The molecule has 2 nitrogen and oxygen atoms in total. The van der Waals surface area contributed by atoms with E-state index in [1.807, 2.05) is 23.8 Å². The third-order valence-electron chi connectivity index (χ3n) is 1.77. The number of hydrogen-bond donors (Lipinski definition) is 1. The molecule has 0 saturated heterocycles. The van der Waals surface area contributed by atoms with Gasteiger partial charge in [-0.15, -0.1) is 11.3 Å². The SMILES string of the molecule is Oc1cccc(Cc2cncs2)c1. The maximum absolute atomic E-state index is 9.23. The summed E-state index contributed by atoms with van der Waals surface area (Å²) in [5.41, 5.74) is 2.93. The van der Waals surface area contributed by atoms with Crippen molar-refractivity contribution >= 4 is 11.3 Å². The van der Waals surface area contributed by atoms with E-state index in [1.165, 1.54) is 4.88 Å². The molecule has 66 valence electrons. The smallest absolute Gasteiger partial charge is 0.115 e. The highest BCUT2D eigenvalue weighted by atomic mass is 32.1. The first-order valence-corrected chi connectivity index (χ1v) is 4.88. The number of benzene rings is 1. The van der Waals surface area contributed by atoms with Crippen LogP contribution in [0.5, 0.6) is 5.75 Å². The van der Waals surface area contributed by atoms with Gasteiger partial charge in [-0.25, -0.2) is 0 Å². The van der Waals surface area contributed by atoms with Gasteiger partial charge in [0.2, 0.25) is 0 Å². The van der Waals surface area contributed by atoms with Gasteiger partial charge in [0, 0.05) is 17.5 Å². The van der Waals surface area contributed by atoms with Crippen LogP contribution in [0.2, 0.25) is 0 Å². The molecule has 2 rings (SSSR count). The molecule has 1 aromatic carbocycles. The van der Waals surface area contributed by atoms with E-state index in [-0.39, 0.29) is 0 Å². The Labute approximate surface area is 80.5 Å². The van der Waals surface area contributed by atoms with Crippen molar-refractivity contribution in [2.45, 2.75) is 6.42 Å². The third-order valence-corrected chi connectivity index (χ3v) is 2.55. The fourth-order valence-corrected chi connectivity index (χ4v) is 1.83. The summed E-state index contributed by atoms with van der Waals surface area (Å²) in [5.74, 6) is 0.321. The summed E-state index contributed by atoms with van der Waals surface area (Å²) in [6.45, 7) is 0. The quantitative estimate of drug-likeness (QED) is 0.790. The lowest BCUT2D eigenvalue weighted by atomic mass is 10.1. The second-order valence-corrected chi connectivity index (χ2v) is 3.79. The zero-order chi connectivity index (χ0) is 9.10. The van der Waals surface area contributed by atoms with Crippen molar-refractivity contribution in [3.63, 3.8) is 0 Å². The van der Waals surface area contributed by atoms with Gasteiger partial charge in [0.15, 0.2) is 0 Å². The first-order chi connectivity index (χ1) is 6.34. The van der Waals surface area contributed by atoms with Crippen LogP contribution in [-0.2, 0) is 6.42 Å². The van der Waals surface area contributed by atoms with Crippen molar-refractivity contribution in [1.82, 2.24) is 4.98 Å². The van der Waals surface area contributed by atoms with Crippen molar-refractivity contribution in [3.8, 4) is 5.75 Å². The normalized spacial score (nSPS) is 10.2. The molecule has 1 aromatic heterocycles. The van der Waals surface area contributed by atoms with E-state index in [9.17, 15) is 5.11 Å². The monoisotopic (exact) mass is 191 g/mol. The first kappa shape index (κ1) is 8.26. The molecule has 0 bridgehead atoms. The molecule has 0 unspecified atom stereocenters. The van der Waals surface area contributed by atoms with E-state index in [1.54, 1.807) is 23.5 Å². The number of hydrogen-bond acceptors (Lipinski definition) is 3. The minimum absolute atomic E-state index is 0.321. The molecule has 0 amide bonds. The summed E-state index contributed by atoms with van der Waals surface area (Å²) >= 11 is 1.63. The van der Waals surface area contributed by atoms with Gasteiger partial charge in [0.1, 0.15) is 5.75 Å². The molecule has 0 fully saturated rings. The molecule has 3 heteroatoms. The zero-order valence-electron chi connectivity index (χ0n) is 6.97. The molecular formula is C10H9NOS. The van der Waals surface area contributed by atoms with Crippen LogP contribution in [-0.4, -0.2) is 10.1 Å². The number of rotatable bonds is 2. The lowest BCUT2D eigenvalue weighted by Gasteiger charge is -1.98. The Kier molecular flexibility index (Phi) is 2.27. The summed E-state index contributed by atoms with van der Waals surface area (Å²) in [7, 11) is 0. The topological polar surface area (TPSA) is 33.1 Å². The van der Waals surface area contributed by atoms with Crippen LogP contribution in [0, 0.1) is 0 Å². The molecule has 0 aliphatic rings. The third kappa shape index (κ3) is 2.06. The van der Waals surface area contributed by atoms with Gasteiger partial charge in [0.05, 0.1) is 5.51 Å². The molecular weight excluding hydrogens is 182 g/mol. The highest BCUT2D eigenvalue weighted by Crippen LogP contribution is 2.16. The molecule has 0 aliphatic carbocycles. The van der Waals surface area contributed by atoms with Gasteiger partial charge in [0.25, 0.3) is 0 Å². The number of phenols is 1. The maximum Gasteiger partial charge on any atom is 0.115 e. The average Bonchev–Trinajstić information content (AvgIpc) is 2.57. The minimum atomic E-state index is 0.321. The molecule has 0 spiro atoms. The highest BCUT2D eigenvalue weighted by Gasteiger charge is 1.98. The Morgan fingerprint density at radius 3 is 3.00 bits per heavy atom. The molecule has 1 N–H and O–H groups in total. The van der Waals surface area contributed by atoms with Crippen LogP contribution in [0.25, 0.3) is 0 Å². The Hall–Kier alpha value is -1.35. The van der Waals surface area contributed by atoms with Gasteiger partial charge in [-0.1, -0.05) is 12.1 Å². The molecule has 13 heavy (non-hydrogen) atoms. The van der Waals surface area contributed by atoms with Crippen LogP contribution < -0.4 is 0 Å². The molecule has 0 aliphatic heterocycles. The van der Waals surface area contributed by atoms with Crippen molar-refractivity contribution in [1.29, 1.82) is 0 Å². The van der Waals surface area contributed by atoms with E-state index in [0.717, 1.165) is 12.0 Å². The fourth-order valence-electron chi connectivity index (χ4n) is 1.20. The van der Waals surface area contributed by atoms with Gasteiger partial charge < -0.3 is 5.11 Å². The molecule has 0 saturated carbocycles. The lowest BCUT2D eigenvalue weighted by molar-refractivity contribution is 0.474. The van der Waals surface area contributed by atoms with Crippen molar-refractivity contribution in [2.75, 3.05) is 0 Å². The van der Waals surface area contributed by atoms with Crippen molar-refractivity contribution in [2.24, 2.45) is 0 Å². The summed E-state index contributed by atoms with van der Waals surface area (Å²) in [4.78, 5) is 5.21. The van der Waals surface area contributed by atoms with Crippen molar-refractivity contribution in [3.05, 3.63) is 46.4 Å². The van der Waals surface area contributed by atoms with E-state index >= 15 is 0 Å². The predicted molar refractivity (Wildman–Crippen MR) is 53.0 cm³/mol. The van der Waals surface area contributed by atoms with E-state index in [0.29, 0.717) is 5.75 Å².